The summed E-state index contributed by atoms with van der Waals surface area (Å²) in [4.78, 5) is 24.5. The Bertz CT molecular complexity index is 1020. The predicted molar refractivity (Wildman–Crippen MR) is 130 cm³/mol. The maximum absolute atomic E-state index is 12.3. The van der Waals surface area contributed by atoms with Gasteiger partial charge in [0.05, 0.1) is 6.54 Å². The van der Waals surface area contributed by atoms with Crippen molar-refractivity contribution in [1.29, 1.82) is 0 Å². The van der Waals surface area contributed by atoms with Crippen LogP contribution >= 0.6 is 0 Å². The molecule has 0 aromatic heterocycles. The summed E-state index contributed by atoms with van der Waals surface area (Å²) in [6.07, 6.45) is 0.741. The molecule has 3 aromatic carbocycles. The van der Waals surface area contributed by atoms with E-state index in [-0.39, 0.29) is 18.4 Å². The Hall–Kier alpha value is -3.84. The minimum atomic E-state index is -0.211. The van der Waals surface area contributed by atoms with Gasteiger partial charge in [-0.25, -0.2) is 0 Å². The Morgan fingerprint density at radius 1 is 0.879 bits per heavy atom. The first-order valence-corrected chi connectivity index (χ1v) is 10.8. The molecule has 0 saturated heterocycles. The number of hydrogen-bond donors (Lipinski definition) is 3. The van der Waals surface area contributed by atoms with Crippen LogP contribution in [0.2, 0.25) is 0 Å². The van der Waals surface area contributed by atoms with Crippen LogP contribution < -0.4 is 20.7 Å². The highest BCUT2D eigenvalue weighted by Crippen LogP contribution is 2.17. The van der Waals surface area contributed by atoms with Crippen LogP contribution in [0.25, 0.3) is 0 Å². The fourth-order valence-corrected chi connectivity index (χ4v) is 3.06. The molecule has 33 heavy (non-hydrogen) atoms. The molecule has 0 aliphatic carbocycles. The molecule has 172 valence electrons. The molecule has 2 amide bonds. The summed E-state index contributed by atoms with van der Waals surface area (Å²) in [5.74, 6) is 0.359. The van der Waals surface area contributed by atoms with Gasteiger partial charge >= 0.3 is 0 Å². The van der Waals surface area contributed by atoms with Crippen LogP contribution in [0.15, 0.2) is 78.9 Å². The number of ether oxygens (including phenoxy) is 2. The van der Waals surface area contributed by atoms with Crippen molar-refractivity contribution in [2.24, 2.45) is 0 Å². The van der Waals surface area contributed by atoms with Gasteiger partial charge in [-0.3, -0.25) is 9.59 Å². The van der Waals surface area contributed by atoms with E-state index in [1.54, 1.807) is 31.4 Å². The zero-order valence-corrected chi connectivity index (χ0v) is 18.7. The SMILES string of the molecule is COCCCNC(=O)c1cccc(NC(=O)CNc2ccc(OCc3ccccc3)cc2)c1. The summed E-state index contributed by atoms with van der Waals surface area (Å²) in [6.45, 7) is 1.72. The number of methoxy groups -OCH3 is 1. The van der Waals surface area contributed by atoms with Crippen molar-refractivity contribution in [2.45, 2.75) is 13.0 Å². The summed E-state index contributed by atoms with van der Waals surface area (Å²) in [5, 5.41) is 8.72. The minimum absolute atomic E-state index is 0.0949. The van der Waals surface area contributed by atoms with Crippen LogP contribution in [-0.2, 0) is 16.1 Å². The van der Waals surface area contributed by atoms with Crippen molar-refractivity contribution in [1.82, 2.24) is 5.32 Å². The van der Waals surface area contributed by atoms with Crippen LogP contribution in [0, 0.1) is 0 Å². The van der Waals surface area contributed by atoms with Gasteiger partial charge in [-0.1, -0.05) is 36.4 Å². The monoisotopic (exact) mass is 447 g/mol. The van der Waals surface area contributed by atoms with Crippen molar-refractivity contribution in [3.63, 3.8) is 0 Å². The van der Waals surface area contributed by atoms with E-state index in [1.807, 2.05) is 54.6 Å². The number of carbonyl (C=O) groups excluding carboxylic acids is 2. The smallest absolute Gasteiger partial charge is 0.251 e. The van der Waals surface area contributed by atoms with Gasteiger partial charge in [0, 0.05) is 37.2 Å². The average molecular weight is 448 g/mol. The van der Waals surface area contributed by atoms with Crippen molar-refractivity contribution in [3.8, 4) is 5.75 Å². The molecule has 0 spiro atoms. The average Bonchev–Trinajstić information content (AvgIpc) is 2.85. The third-order valence-corrected chi connectivity index (χ3v) is 4.78. The van der Waals surface area contributed by atoms with Gasteiger partial charge in [-0.2, -0.15) is 0 Å². The van der Waals surface area contributed by atoms with E-state index in [4.69, 9.17) is 9.47 Å². The summed E-state index contributed by atoms with van der Waals surface area (Å²) in [6, 6.07) is 24.3. The third kappa shape index (κ3) is 8.31. The Morgan fingerprint density at radius 2 is 1.67 bits per heavy atom. The number of hydrogen-bond acceptors (Lipinski definition) is 5. The lowest BCUT2D eigenvalue weighted by atomic mass is 10.2. The molecule has 0 aliphatic rings. The van der Waals surface area contributed by atoms with Crippen molar-refractivity contribution < 1.29 is 19.1 Å². The van der Waals surface area contributed by atoms with E-state index in [0.29, 0.717) is 31.0 Å². The van der Waals surface area contributed by atoms with Crippen LogP contribution in [0.3, 0.4) is 0 Å². The zero-order valence-electron chi connectivity index (χ0n) is 18.7. The van der Waals surface area contributed by atoms with E-state index < -0.39 is 0 Å². The van der Waals surface area contributed by atoms with Crippen LogP contribution in [-0.4, -0.2) is 38.6 Å². The second-order valence-electron chi connectivity index (χ2n) is 7.38. The number of carbonyl (C=O) groups is 2. The molecular weight excluding hydrogens is 418 g/mol. The van der Waals surface area contributed by atoms with Gasteiger partial charge in [0.25, 0.3) is 5.91 Å². The molecule has 7 nitrogen and oxygen atoms in total. The first kappa shape index (κ1) is 23.8. The molecule has 0 heterocycles. The standard InChI is InChI=1S/C26H29N3O4/c1-32-16-6-15-27-26(31)21-9-5-10-23(17-21)29-25(30)18-28-22-11-13-24(14-12-22)33-19-20-7-3-2-4-8-20/h2-5,7-14,17,28H,6,15-16,18-19H2,1H3,(H,27,31)(H,29,30). The summed E-state index contributed by atoms with van der Waals surface area (Å²) in [7, 11) is 1.62. The lowest BCUT2D eigenvalue weighted by Gasteiger charge is -2.10. The maximum Gasteiger partial charge on any atom is 0.251 e. The van der Waals surface area contributed by atoms with Crippen molar-refractivity contribution in [2.75, 3.05) is 37.4 Å². The van der Waals surface area contributed by atoms with E-state index >= 15 is 0 Å². The van der Waals surface area contributed by atoms with Crippen LogP contribution in [0.5, 0.6) is 5.75 Å². The van der Waals surface area contributed by atoms with Gasteiger partial charge in [0.2, 0.25) is 5.91 Å². The summed E-state index contributed by atoms with van der Waals surface area (Å²) in [5.41, 5.74) is 2.96. The molecule has 0 atom stereocenters. The summed E-state index contributed by atoms with van der Waals surface area (Å²) < 4.78 is 10.7. The number of benzene rings is 3. The molecule has 3 rings (SSSR count). The minimum Gasteiger partial charge on any atom is -0.489 e. The zero-order chi connectivity index (χ0) is 23.3. The van der Waals surface area contributed by atoms with E-state index in [1.165, 1.54) is 0 Å². The summed E-state index contributed by atoms with van der Waals surface area (Å²) >= 11 is 0. The van der Waals surface area contributed by atoms with Crippen LogP contribution in [0.1, 0.15) is 22.3 Å². The van der Waals surface area contributed by atoms with Crippen molar-refractivity contribution >= 4 is 23.2 Å². The van der Waals surface area contributed by atoms with Crippen LogP contribution in [0.4, 0.5) is 11.4 Å². The molecule has 0 saturated carbocycles. The lowest BCUT2D eigenvalue weighted by Crippen LogP contribution is -2.25. The van der Waals surface area contributed by atoms with Gasteiger partial charge in [0.15, 0.2) is 0 Å². The second kappa shape index (κ2) is 12.9. The van der Waals surface area contributed by atoms with Gasteiger partial charge in [0.1, 0.15) is 12.4 Å². The normalized spacial score (nSPS) is 10.3. The Kier molecular flexibility index (Phi) is 9.29. The Labute approximate surface area is 194 Å². The highest BCUT2D eigenvalue weighted by atomic mass is 16.5. The quantitative estimate of drug-likeness (QED) is 0.364. The first-order valence-electron chi connectivity index (χ1n) is 10.8. The first-order chi connectivity index (χ1) is 16.1. The van der Waals surface area contributed by atoms with Gasteiger partial charge in [-0.05, 0) is 54.4 Å². The van der Waals surface area contributed by atoms with E-state index in [0.717, 1.165) is 23.4 Å². The Morgan fingerprint density at radius 3 is 2.42 bits per heavy atom. The molecule has 0 bridgehead atoms. The molecular formula is C26H29N3O4. The number of anilines is 2. The van der Waals surface area contributed by atoms with E-state index in [2.05, 4.69) is 16.0 Å². The topological polar surface area (TPSA) is 88.7 Å². The lowest BCUT2D eigenvalue weighted by molar-refractivity contribution is -0.114. The van der Waals surface area contributed by atoms with Gasteiger partial charge < -0.3 is 25.4 Å². The molecule has 0 aliphatic heterocycles. The molecule has 0 unspecified atom stereocenters. The van der Waals surface area contributed by atoms with Gasteiger partial charge in [-0.15, -0.1) is 0 Å². The number of amides is 2. The van der Waals surface area contributed by atoms with Crippen molar-refractivity contribution in [3.05, 3.63) is 90.0 Å². The molecule has 0 fully saturated rings. The largest absolute Gasteiger partial charge is 0.489 e. The fraction of sp³-hybridized carbons (Fsp3) is 0.231. The third-order valence-electron chi connectivity index (χ3n) is 4.78. The molecule has 7 heteroatoms. The molecule has 3 N–H and O–H groups in total. The number of rotatable bonds is 12. The number of nitrogens with one attached hydrogen (secondary N) is 3. The fourth-order valence-electron chi connectivity index (χ4n) is 3.06. The van der Waals surface area contributed by atoms with E-state index in [9.17, 15) is 9.59 Å². The molecule has 0 radical (unpaired) electrons. The second-order valence-corrected chi connectivity index (χ2v) is 7.38. The highest BCUT2D eigenvalue weighted by molar-refractivity contribution is 5.98. The molecule has 3 aromatic rings. The maximum atomic E-state index is 12.3. The Balaban J connectivity index is 1.43. The predicted octanol–water partition coefficient (Wildman–Crippen LogP) is 4.08. The highest BCUT2D eigenvalue weighted by Gasteiger charge is 2.08.